The number of rotatable bonds is 13. The van der Waals surface area contributed by atoms with E-state index in [4.69, 9.17) is 4.74 Å². The van der Waals surface area contributed by atoms with Crippen LogP contribution in [-0.4, -0.2) is 36.4 Å². The number of carbonyl (C=O) groups excluding carboxylic acids is 2. The highest BCUT2D eigenvalue weighted by Crippen LogP contribution is 2.22. The molecule has 4 rings (SSSR count). The van der Waals surface area contributed by atoms with E-state index in [0.29, 0.717) is 32.4 Å². The summed E-state index contributed by atoms with van der Waals surface area (Å²) in [6.45, 7) is 3.02. The fourth-order valence-corrected chi connectivity index (χ4v) is 4.92. The summed E-state index contributed by atoms with van der Waals surface area (Å²) in [5, 5.41) is 5.41. The lowest BCUT2D eigenvalue weighted by Crippen LogP contribution is -2.50. The fraction of sp³-hybridized carbons (Fsp3) is 0.294. The molecule has 5 nitrogen and oxygen atoms in total. The van der Waals surface area contributed by atoms with Crippen molar-refractivity contribution in [2.24, 2.45) is 0 Å². The first-order valence-electron chi connectivity index (χ1n) is 13.8. The number of methoxy groups -OCH3 is 1. The number of benzene rings is 4. The second kappa shape index (κ2) is 14.1. The molecule has 202 valence electrons. The lowest BCUT2D eigenvalue weighted by Gasteiger charge is -2.32. The minimum atomic E-state index is -0.629. The number of nitrogens with zero attached hydrogens (tertiary/aromatic N) is 1. The topological polar surface area (TPSA) is 58.6 Å². The highest BCUT2D eigenvalue weighted by molar-refractivity contribution is 5.89. The maximum atomic E-state index is 14.0. The number of aryl methyl sites for hydroxylation is 1. The molecule has 0 unspecified atom stereocenters. The maximum absolute atomic E-state index is 14.0. The van der Waals surface area contributed by atoms with Gasteiger partial charge in [0.05, 0.1) is 7.11 Å². The van der Waals surface area contributed by atoms with Crippen LogP contribution in [-0.2, 0) is 29.0 Å². The summed E-state index contributed by atoms with van der Waals surface area (Å²) in [6, 6.07) is 31.4. The molecule has 0 radical (unpaired) electrons. The summed E-state index contributed by atoms with van der Waals surface area (Å²) < 4.78 is 5.43. The van der Waals surface area contributed by atoms with Crippen LogP contribution >= 0.6 is 0 Å². The SMILES string of the molecule is CCCCNC(=O)[C@@H](Cc1ccccc1)N(Cc1cccc(OC)c1)C(=O)CCc1cccc2ccccc12. The Hall–Kier alpha value is -4.12. The second-order valence-corrected chi connectivity index (χ2v) is 9.86. The number of amides is 2. The molecule has 0 aliphatic heterocycles. The first-order chi connectivity index (χ1) is 19.1. The Labute approximate surface area is 231 Å². The molecule has 0 saturated heterocycles. The maximum Gasteiger partial charge on any atom is 0.243 e. The Balaban J connectivity index is 1.64. The predicted octanol–water partition coefficient (Wildman–Crippen LogP) is 6.34. The fourth-order valence-electron chi connectivity index (χ4n) is 4.92. The molecule has 1 atom stereocenters. The van der Waals surface area contributed by atoms with Gasteiger partial charge in [-0.3, -0.25) is 9.59 Å². The number of hydrogen-bond acceptors (Lipinski definition) is 3. The van der Waals surface area contributed by atoms with E-state index in [0.717, 1.165) is 46.1 Å². The van der Waals surface area contributed by atoms with Gasteiger partial charge < -0.3 is 15.0 Å². The zero-order valence-corrected chi connectivity index (χ0v) is 22.9. The monoisotopic (exact) mass is 522 g/mol. The molecule has 39 heavy (non-hydrogen) atoms. The standard InChI is InChI=1S/C34H38N2O3/c1-3-4-22-35-34(38)32(24-26-12-6-5-7-13-26)36(25-27-14-10-18-30(23-27)39-2)33(37)21-20-29-17-11-16-28-15-8-9-19-31(28)29/h5-19,23,32H,3-4,20-22,24-25H2,1-2H3,(H,35,38)/t32-/m1/s1. The molecule has 0 aromatic heterocycles. The van der Waals surface area contributed by atoms with Crippen molar-refractivity contribution in [3.63, 3.8) is 0 Å². The van der Waals surface area contributed by atoms with E-state index in [2.05, 4.69) is 36.5 Å². The van der Waals surface area contributed by atoms with Gasteiger partial charge in [0.25, 0.3) is 0 Å². The lowest BCUT2D eigenvalue weighted by atomic mass is 9.99. The van der Waals surface area contributed by atoms with Crippen molar-refractivity contribution >= 4 is 22.6 Å². The average molecular weight is 523 g/mol. The minimum absolute atomic E-state index is 0.0441. The summed E-state index contributed by atoms with van der Waals surface area (Å²) in [5.74, 6) is 0.564. The van der Waals surface area contributed by atoms with E-state index in [9.17, 15) is 9.59 Å². The molecule has 0 bridgehead atoms. The van der Waals surface area contributed by atoms with Crippen LogP contribution in [0.2, 0.25) is 0 Å². The smallest absolute Gasteiger partial charge is 0.243 e. The Morgan fingerprint density at radius 3 is 2.38 bits per heavy atom. The second-order valence-electron chi connectivity index (χ2n) is 9.86. The van der Waals surface area contributed by atoms with Gasteiger partial charge in [0.2, 0.25) is 11.8 Å². The van der Waals surface area contributed by atoms with Crippen molar-refractivity contribution in [3.8, 4) is 5.75 Å². The first-order valence-corrected chi connectivity index (χ1v) is 13.8. The molecule has 1 N–H and O–H groups in total. The van der Waals surface area contributed by atoms with Crippen LogP contribution in [0.25, 0.3) is 10.8 Å². The number of ether oxygens (including phenoxy) is 1. The molecule has 0 spiro atoms. The summed E-state index contributed by atoms with van der Waals surface area (Å²) in [7, 11) is 1.63. The van der Waals surface area contributed by atoms with E-state index in [-0.39, 0.29) is 11.8 Å². The van der Waals surface area contributed by atoms with Gasteiger partial charge in [-0.15, -0.1) is 0 Å². The van der Waals surface area contributed by atoms with Gasteiger partial charge in [-0.25, -0.2) is 0 Å². The quantitative estimate of drug-likeness (QED) is 0.209. The van der Waals surface area contributed by atoms with Crippen molar-refractivity contribution in [1.29, 1.82) is 0 Å². The molecule has 0 saturated carbocycles. The predicted molar refractivity (Wildman–Crippen MR) is 158 cm³/mol. The molecular weight excluding hydrogens is 484 g/mol. The molecule has 0 aliphatic rings. The molecule has 4 aromatic carbocycles. The molecule has 0 heterocycles. The summed E-state index contributed by atoms with van der Waals surface area (Å²) in [4.78, 5) is 29.4. The molecule has 5 heteroatoms. The zero-order valence-electron chi connectivity index (χ0n) is 22.9. The van der Waals surface area contributed by atoms with Crippen LogP contribution in [0.5, 0.6) is 5.75 Å². The van der Waals surface area contributed by atoms with E-state index in [1.807, 2.05) is 72.8 Å². The van der Waals surface area contributed by atoms with Gasteiger partial charge in [-0.2, -0.15) is 0 Å². The van der Waals surface area contributed by atoms with Crippen LogP contribution in [0.4, 0.5) is 0 Å². The van der Waals surface area contributed by atoms with Crippen LogP contribution in [0, 0.1) is 0 Å². The van der Waals surface area contributed by atoms with Crippen LogP contribution in [0.1, 0.15) is 42.9 Å². The third kappa shape index (κ3) is 7.70. The summed E-state index contributed by atoms with van der Waals surface area (Å²) in [6.07, 6.45) is 3.24. The van der Waals surface area contributed by atoms with Crippen LogP contribution < -0.4 is 10.1 Å². The number of hydrogen-bond donors (Lipinski definition) is 1. The highest BCUT2D eigenvalue weighted by Gasteiger charge is 2.30. The largest absolute Gasteiger partial charge is 0.497 e. The number of nitrogens with one attached hydrogen (secondary N) is 1. The third-order valence-corrected chi connectivity index (χ3v) is 7.08. The minimum Gasteiger partial charge on any atom is -0.497 e. The molecular formula is C34H38N2O3. The Morgan fingerprint density at radius 1 is 0.872 bits per heavy atom. The van der Waals surface area contributed by atoms with Crippen molar-refractivity contribution in [3.05, 3.63) is 114 Å². The van der Waals surface area contributed by atoms with E-state index in [1.165, 1.54) is 0 Å². The zero-order chi connectivity index (χ0) is 27.5. The number of unbranched alkanes of at least 4 members (excludes halogenated alkanes) is 1. The third-order valence-electron chi connectivity index (χ3n) is 7.08. The van der Waals surface area contributed by atoms with Gasteiger partial charge in [0, 0.05) is 25.9 Å². The van der Waals surface area contributed by atoms with Gasteiger partial charge in [-0.1, -0.05) is 98.3 Å². The Bertz CT molecular complexity index is 1360. The average Bonchev–Trinajstić information content (AvgIpc) is 2.98. The van der Waals surface area contributed by atoms with Gasteiger partial charge >= 0.3 is 0 Å². The van der Waals surface area contributed by atoms with Gasteiger partial charge in [-0.05, 0) is 52.4 Å². The van der Waals surface area contributed by atoms with Crippen molar-refractivity contribution in [2.75, 3.05) is 13.7 Å². The highest BCUT2D eigenvalue weighted by atomic mass is 16.5. The molecule has 4 aromatic rings. The summed E-state index contributed by atoms with van der Waals surface area (Å²) in [5.41, 5.74) is 3.08. The molecule has 2 amide bonds. The Morgan fingerprint density at radius 2 is 1.59 bits per heavy atom. The van der Waals surface area contributed by atoms with Crippen LogP contribution in [0.3, 0.4) is 0 Å². The van der Waals surface area contributed by atoms with E-state index < -0.39 is 6.04 Å². The van der Waals surface area contributed by atoms with Gasteiger partial charge in [0.1, 0.15) is 11.8 Å². The van der Waals surface area contributed by atoms with E-state index >= 15 is 0 Å². The van der Waals surface area contributed by atoms with Crippen LogP contribution in [0.15, 0.2) is 97.1 Å². The van der Waals surface area contributed by atoms with Crippen molar-refractivity contribution in [1.82, 2.24) is 10.2 Å². The molecule has 0 fully saturated rings. The summed E-state index contributed by atoms with van der Waals surface area (Å²) >= 11 is 0. The first kappa shape index (κ1) is 27.9. The van der Waals surface area contributed by atoms with E-state index in [1.54, 1.807) is 12.0 Å². The normalized spacial score (nSPS) is 11.6. The number of fused-ring (bicyclic) bond motifs is 1. The number of carbonyl (C=O) groups is 2. The van der Waals surface area contributed by atoms with Gasteiger partial charge in [0.15, 0.2) is 0 Å². The molecule has 0 aliphatic carbocycles. The lowest BCUT2D eigenvalue weighted by molar-refractivity contribution is -0.141. The van der Waals surface area contributed by atoms with Crippen molar-refractivity contribution in [2.45, 2.75) is 51.6 Å². The van der Waals surface area contributed by atoms with Crippen molar-refractivity contribution < 1.29 is 14.3 Å². The Kier molecular flexibility index (Phi) is 10.1.